The van der Waals surface area contributed by atoms with E-state index in [-0.39, 0.29) is 0 Å². The van der Waals surface area contributed by atoms with Crippen molar-refractivity contribution in [3.63, 3.8) is 0 Å². The van der Waals surface area contributed by atoms with Crippen molar-refractivity contribution in [3.8, 4) is 34.1 Å². The van der Waals surface area contributed by atoms with E-state index in [0.29, 0.717) is 5.13 Å². The molecule has 5 rings (SSSR count). The Morgan fingerprint density at radius 1 is 0.818 bits per heavy atom. The SMILES string of the molecule is COc1ccc(-c2cc(=Nc3nc(-c4ccc(OC)cc4)c(C)s3)c3ccccc3o2)cc1. The summed E-state index contributed by atoms with van der Waals surface area (Å²) < 4.78 is 16.7. The molecule has 6 heteroatoms. The summed E-state index contributed by atoms with van der Waals surface area (Å²) in [6.45, 7) is 2.07. The summed E-state index contributed by atoms with van der Waals surface area (Å²) in [5.74, 6) is 2.36. The summed E-state index contributed by atoms with van der Waals surface area (Å²) in [5.41, 5.74) is 3.69. The predicted octanol–water partition coefficient (Wildman–Crippen LogP) is 6.78. The predicted molar refractivity (Wildman–Crippen MR) is 132 cm³/mol. The number of fused-ring (bicyclic) bond motifs is 1. The van der Waals surface area contributed by atoms with Crippen LogP contribution in [0.5, 0.6) is 11.5 Å². The lowest BCUT2D eigenvalue weighted by Gasteiger charge is -2.06. The van der Waals surface area contributed by atoms with Crippen LogP contribution in [-0.4, -0.2) is 19.2 Å². The summed E-state index contributed by atoms with van der Waals surface area (Å²) in [6.07, 6.45) is 0. The molecule has 0 N–H and O–H groups in total. The Morgan fingerprint density at radius 3 is 2.12 bits per heavy atom. The van der Waals surface area contributed by atoms with Gasteiger partial charge in [-0.25, -0.2) is 9.98 Å². The molecule has 2 aromatic heterocycles. The first-order chi connectivity index (χ1) is 16.1. The lowest BCUT2D eigenvalue weighted by Crippen LogP contribution is -2.03. The molecule has 0 saturated carbocycles. The second-order valence-electron chi connectivity index (χ2n) is 7.46. The van der Waals surface area contributed by atoms with Crippen LogP contribution in [0.25, 0.3) is 33.6 Å². The number of para-hydroxylation sites is 1. The molecule has 0 spiro atoms. The lowest BCUT2D eigenvalue weighted by molar-refractivity contribution is 0.414. The number of aryl methyl sites for hydroxylation is 1. The maximum absolute atomic E-state index is 6.19. The molecule has 0 fully saturated rings. The van der Waals surface area contributed by atoms with Crippen molar-refractivity contribution in [2.45, 2.75) is 6.92 Å². The number of nitrogens with zero attached hydrogens (tertiary/aromatic N) is 2. The van der Waals surface area contributed by atoms with Gasteiger partial charge in [0.2, 0.25) is 5.13 Å². The molecular formula is C27H22N2O3S. The van der Waals surface area contributed by atoms with E-state index in [4.69, 9.17) is 23.9 Å². The topological polar surface area (TPSA) is 56.9 Å². The van der Waals surface area contributed by atoms with Gasteiger partial charge in [-0.3, -0.25) is 0 Å². The minimum Gasteiger partial charge on any atom is -0.497 e. The van der Waals surface area contributed by atoms with Gasteiger partial charge in [-0.1, -0.05) is 23.5 Å². The smallest absolute Gasteiger partial charge is 0.210 e. The van der Waals surface area contributed by atoms with Gasteiger partial charge < -0.3 is 13.9 Å². The highest BCUT2D eigenvalue weighted by atomic mass is 32.1. The van der Waals surface area contributed by atoms with Gasteiger partial charge in [0.05, 0.1) is 25.3 Å². The van der Waals surface area contributed by atoms with Gasteiger partial charge >= 0.3 is 0 Å². The number of aromatic nitrogens is 1. The van der Waals surface area contributed by atoms with Crippen molar-refractivity contribution in [2.75, 3.05) is 14.2 Å². The van der Waals surface area contributed by atoms with E-state index >= 15 is 0 Å². The molecule has 164 valence electrons. The van der Waals surface area contributed by atoms with Gasteiger partial charge in [-0.2, -0.15) is 0 Å². The van der Waals surface area contributed by atoms with Gasteiger partial charge in [-0.15, -0.1) is 0 Å². The van der Waals surface area contributed by atoms with Crippen molar-refractivity contribution in [1.82, 2.24) is 4.98 Å². The number of benzene rings is 3. The van der Waals surface area contributed by atoms with E-state index in [1.165, 1.54) is 0 Å². The van der Waals surface area contributed by atoms with Crippen molar-refractivity contribution >= 4 is 27.4 Å². The van der Waals surface area contributed by atoms with Crippen LogP contribution in [0.4, 0.5) is 5.13 Å². The third-order valence-corrected chi connectivity index (χ3v) is 6.25. The second-order valence-corrected chi connectivity index (χ2v) is 8.64. The Kier molecular flexibility index (Phi) is 5.67. The Morgan fingerprint density at radius 2 is 1.45 bits per heavy atom. The first-order valence-corrected chi connectivity index (χ1v) is 11.3. The summed E-state index contributed by atoms with van der Waals surface area (Å²) in [6, 6.07) is 25.6. The van der Waals surface area contributed by atoms with Crippen LogP contribution in [0, 0.1) is 6.92 Å². The van der Waals surface area contributed by atoms with Crippen molar-refractivity contribution in [3.05, 3.63) is 89.1 Å². The Bertz CT molecular complexity index is 1480. The molecule has 0 aliphatic rings. The fraction of sp³-hybridized carbons (Fsp3) is 0.111. The fourth-order valence-corrected chi connectivity index (χ4v) is 4.47. The number of hydrogen-bond acceptors (Lipinski definition) is 6. The van der Waals surface area contributed by atoms with Crippen LogP contribution < -0.4 is 14.8 Å². The molecule has 3 aromatic carbocycles. The molecule has 0 amide bonds. The Balaban J connectivity index is 1.62. The fourth-order valence-electron chi connectivity index (χ4n) is 3.66. The first-order valence-electron chi connectivity index (χ1n) is 10.5. The third-order valence-electron chi connectivity index (χ3n) is 5.39. The van der Waals surface area contributed by atoms with Crippen LogP contribution in [0.1, 0.15) is 4.88 Å². The van der Waals surface area contributed by atoms with Crippen LogP contribution in [0.2, 0.25) is 0 Å². The number of rotatable bonds is 5. The Hall–Kier alpha value is -3.90. The van der Waals surface area contributed by atoms with Gasteiger partial charge in [0, 0.05) is 27.5 Å². The molecule has 33 heavy (non-hydrogen) atoms. The molecule has 0 radical (unpaired) electrons. The van der Waals surface area contributed by atoms with E-state index in [9.17, 15) is 0 Å². The Labute approximate surface area is 195 Å². The summed E-state index contributed by atoms with van der Waals surface area (Å²) >= 11 is 1.57. The minimum atomic E-state index is 0.704. The summed E-state index contributed by atoms with van der Waals surface area (Å²) in [7, 11) is 3.32. The molecule has 2 heterocycles. The van der Waals surface area contributed by atoms with Gasteiger partial charge in [0.1, 0.15) is 22.8 Å². The maximum Gasteiger partial charge on any atom is 0.210 e. The molecule has 0 saturated heterocycles. The second kappa shape index (κ2) is 8.92. The standard InChI is InChI=1S/C27H22N2O3S/c1-17-26(19-10-14-21(31-3)15-11-19)29-27(33-17)28-23-16-25(18-8-12-20(30-2)13-9-18)32-24-7-5-4-6-22(23)24/h4-16H,1-3H3. The molecule has 5 aromatic rings. The largest absolute Gasteiger partial charge is 0.497 e. The molecule has 5 nitrogen and oxygen atoms in total. The molecule has 0 unspecified atom stereocenters. The molecule has 0 aliphatic heterocycles. The van der Waals surface area contributed by atoms with E-state index in [0.717, 1.165) is 55.3 Å². The number of methoxy groups -OCH3 is 2. The zero-order chi connectivity index (χ0) is 22.8. The van der Waals surface area contributed by atoms with Crippen LogP contribution in [-0.2, 0) is 0 Å². The van der Waals surface area contributed by atoms with Gasteiger partial charge in [0.15, 0.2) is 0 Å². The van der Waals surface area contributed by atoms with Crippen LogP contribution in [0.15, 0.2) is 88.3 Å². The van der Waals surface area contributed by atoms with E-state index in [1.54, 1.807) is 25.6 Å². The highest BCUT2D eigenvalue weighted by Gasteiger charge is 2.11. The van der Waals surface area contributed by atoms with Crippen LogP contribution >= 0.6 is 11.3 Å². The number of hydrogen-bond donors (Lipinski definition) is 0. The zero-order valence-corrected chi connectivity index (χ0v) is 19.3. The van der Waals surface area contributed by atoms with Gasteiger partial charge in [-0.05, 0) is 67.6 Å². The molecule has 0 atom stereocenters. The highest BCUT2D eigenvalue weighted by molar-refractivity contribution is 7.15. The first kappa shape index (κ1) is 21.0. The number of ether oxygens (including phenoxy) is 2. The third kappa shape index (κ3) is 4.25. The van der Waals surface area contributed by atoms with Gasteiger partial charge in [0.25, 0.3) is 0 Å². The monoisotopic (exact) mass is 454 g/mol. The summed E-state index contributed by atoms with van der Waals surface area (Å²) in [4.78, 5) is 10.9. The van der Waals surface area contributed by atoms with Crippen LogP contribution in [0.3, 0.4) is 0 Å². The summed E-state index contributed by atoms with van der Waals surface area (Å²) in [5, 5.41) is 2.46. The highest BCUT2D eigenvalue weighted by Crippen LogP contribution is 2.33. The lowest BCUT2D eigenvalue weighted by atomic mass is 10.1. The van der Waals surface area contributed by atoms with E-state index in [2.05, 4.69) is 6.92 Å². The quantitative estimate of drug-likeness (QED) is 0.294. The maximum atomic E-state index is 6.19. The molecule has 0 aliphatic carbocycles. The average Bonchev–Trinajstić information content (AvgIpc) is 3.23. The van der Waals surface area contributed by atoms with E-state index < -0.39 is 0 Å². The zero-order valence-electron chi connectivity index (χ0n) is 18.5. The van der Waals surface area contributed by atoms with Crippen molar-refractivity contribution < 1.29 is 13.9 Å². The minimum absolute atomic E-state index is 0.704. The average molecular weight is 455 g/mol. The van der Waals surface area contributed by atoms with Crippen molar-refractivity contribution in [2.24, 2.45) is 4.99 Å². The number of thiazole rings is 1. The van der Waals surface area contributed by atoms with E-state index in [1.807, 2.05) is 78.9 Å². The molecule has 0 bridgehead atoms. The normalized spacial score (nSPS) is 11.7. The van der Waals surface area contributed by atoms with Crippen molar-refractivity contribution in [1.29, 1.82) is 0 Å². The molecular weight excluding hydrogens is 432 g/mol.